The van der Waals surface area contributed by atoms with Gasteiger partial charge in [0.2, 0.25) is 11.8 Å². The molecule has 2 unspecified atom stereocenters. The molecule has 1 aliphatic heterocycles. The summed E-state index contributed by atoms with van der Waals surface area (Å²) >= 11 is 0. The fourth-order valence-electron chi connectivity index (χ4n) is 2.28. The highest BCUT2D eigenvalue weighted by Crippen LogP contribution is 2.34. The topological polar surface area (TPSA) is 49.4 Å². The Bertz CT molecular complexity index is 299. The molecule has 0 aromatic rings. The van der Waals surface area contributed by atoms with Gasteiger partial charge < -0.3 is 5.32 Å². The summed E-state index contributed by atoms with van der Waals surface area (Å²) in [5, 5.41) is 3.34. The van der Waals surface area contributed by atoms with Gasteiger partial charge in [-0.05, 0) is 18.8 Å². The third-order valence-electron chi connectivity index (χ3n) is 3.63. The van der Waals surface area contributed by atoms with Gasteiger partial charge in [-0.2, -0.15) is 0 Å². The third-order valence-corrected chi connectivity index (χ3v) is 3.63. The van der Waals surface area contributed by atoms with Crippen LogP contribution in [0.4, 0.5) is 0 Å². The number of carbonyl (C=O) groups is 2. The van der Waals surface area contributed by atoms with Crippen molar-refractivity contribution in [3.63, 3.8) is 0 Å². The quantitative estimate of drug-likeness (QED) is 0.706. The zero-order valence-corrected chi connectivity index (χ0v) is 10.0. The van der Waals surface area contributed by atoms with E-state index < -0.39 is 0 Å². The summed E-state index contributed by atoms with van der Waals surface area (Å²) < 4.78 is 0. The zero-order chi connectivity index (χ0) is 11.7. The molecule has 1 saturated carbocycles. The van der Waals surface area contributed by atoms with Gasteiger partial charge in [0.15, 0.2) is 0 Å². The van der Waals surface area contributed by atoms with E-state index in [1.54, 1.807) is 7.05 Å². The molecule has 0 spiro atoms. The van der Waals surface area contributed by atoms with E-state index in [1.807, 2.05) is 0 Å². The molecule has 0 aromatic carbocycles. The minimum atomic E-state index is -0.277. The standard InChI is InChI=1S/C12H20N2O2/c1-3-9(6-8-4-5-8)13-10-7-11(15)14(2)12(10)16/h8-10,13H,3-7H2,1-2H3. The minimum Gasteiger partial charge on any atom is -0.303 e. The highest BCUT2D eigenvalue weighted by atomic mass is 16.2. The lowest BCUT2D eigenvalue weighted by Gasteiger charge is -2.20. The fraction of sp³-hybridized carbons (Fsp3) is 0.833. The Morgan fingerprint density at radius 1 is 1.44 bits per heavy atom. The van der Waals surface area contributed by atoms with Crippen LogP contribution >= 0.6 is 0 Å². The first kappa shape index (κ1) is 11.6. The van der Waals surface area contributed by atoms with Gasteiger partial charge in [-0.25, -0.2) is 0 Å². The van der Waals surface area contributed by atoms with Crippen LogP contribution in [0.3, 0.4) is 0 Å². The van der Waals surface area contributed by atoms with Crippen LogP contribution in [0.25, 0.3) is 0 Å². The molecule has 1 saturated heterocycles. The maximum Gasteiger partial charge on any atom is 0.246 e. The van der Waals surface area contributed by atoms with Crippen LogP contribution in [0.5, 0.6) is 0 Å². The van der Waals surface area contributed by atoms with Crippen molar-refractivity contribution in [2.45, 2.75) is 51.1 Å². The first-order valence-corrected chi connectivity index (χ1v) is 6.18. The number of hydrogen-bond acceptors (Lipinski definition) is 3. The Kier molecular flexibility index (Phi) is 3.28. The number of nitrogens with zero attached hydrogens (tertiary/aromatic N) is 1. The largest absolute Gasteiger partial charge is 0.303 e. The van der Waals surface area contributed by atoms with Crippen LogP contribution < -0.4 is 5.32 Å². The van der Waals surface area contributed by atoms with Gasteiger partial charge in [0, 0.05) is 13.1 Å². The van der Waals surface area contributed by atoms with Crippen LogP contribution in [0.15, 0.2) is 0 Å². The molecular weight excluding hydrogens is 204 g/mol. The summed E-state index contributed by atoms with van der Waals surface area (Å²) in [4.78, 5) is 24.3. The van der Waals surface area contributed by atoms with Crippen LogP contribution in [-0.2, 0) is 9.59 Å². The lowest BCUT2D eigenvalue weighted by molar-refractivity contribution is -0.137. The van der Waals surface area contributed by atoms with Crippen molar-refractivity contribution >= 4 is 11.8 Å². The molecule has 0 radical (unpaired) electrons. The zero-order valence-electron chi connectivity index (χ0n) is 10.0. The Morgan fingerprint density at radius 2 is 2.12 bits per heavy atom. The van der Waals surface area contributed by atoms with E-state index >= 15 is 0 Å². The van der Waals surface area contributed by atoms with E-state index in [1.165, 1.54) is 17.7 Å². The molecular formula is C12H20N2O2. The molecule has 16 heavy (non-hydrogen) atoms. The van der Waals surface area contributed by atoms with E-state index in [9.17, 15) is 9.59 Å². The van der Waals surface area contributed by atoms with Crippen molar-refractivity contribution in [2.75, 3.05) is 7.05 Å². The van der Waals surface area contributed by atoms with Crippen LogP contribution in [0.2, 0.25) is 0 Å². The maximum atomic E-state index is 11.7. The molecule has 2 atom stereocenters. The van der Waals surface area contributed by atoms with Crippen LogP contribution in [0.1, 0.15) is 39.0 Å². The molecule has 90 valence electrons. The Morgan fingerprint density at radius 3 is 2.56 bits per heavy atom. The normalized spacial score (nSPS) is 27.6. The molecule has 2 fully saturated rings. The Labute approximate surface area is 96.4 Å². The van der Waals surface area contributed by atoms with Crippen LogP contribution in [0, 0.1) is 5.92 Å². The van der Waals surface area contributed by atoms with E-state index in [4.69, 9.17) is 0 Å². The lowest BCUT2D eigenvalue weighted by Crippen LogP contribution is -2.43. The number of nitrogens with one attached hydrogen (secondary N) is 1. The number of carbonyl (C=O) groups excluding carboxylic acids is 2. The molecule has 1 N–H and O–H groups in total. The van der Waals surface area contributed by atoms with E-state index in [-0.39, 0.29) is 17.9 Å². The number of imide groups is 1. The van der Waals surface area contributed by atoms with Crippen molar-refractivity contribution in [3.05, 3.63) is 0 Å². The van der Waals surface area contributed by atoms with Gasteiger partial charge in [-0.15, -0.1) is 0 Å². The number of likely N-dealkylation sites (tertiary alicyclic amines) is 1. The van der Waals surface area contributed by atoms with Crippen molar-refractivity contribution in [1.29, 1.82) is 0 Å². The average Bonchev–Trinajstić information content (AvgIpc) is 3.04. The van der Waals surface area contributed by atoms with Gasteiger partial charge >= 0.3 is 0 Å². The number of amides is 2. The summed E-state index contributed by atoms with van der Waals surface area (Å²) in [6.45, 7) is 2.13. The molecule has 2 rings (SSSR count). The molecule has 2 aliphatic rings. The third kappa shape index (κ3) is 2.43. The smallest absolute Gasteiger partial charge is 0.246 e. The predicted octanol–water partition coefficient (Wildman–Crippen LogP) is 0.912. The molecule has 1 aliphatic carbocycles. The second kappa shape index (κ2) is 4.53. The highest BCUT2D eigenvalue weighted by molar-refractivity contribution is 6.05. The summed E-state index contributed by atoms with van der Waals surface area (Å²) in [5.74, 6) is 0.713. The first-order valence-electron chi connectivity index (χ1n) is 6.18. The second-order valence-electron chi connectivity index (χ2n) is 5.00. The monoisotopic (exact) mass is 224 g/mol. The minimum absolute atomic E-state index is 0.0659. The molecule has 0 bridgehead atoms. The van der Waals surface area contributed by atoms with Crippen molar-refractivity contribution in [2.24, 2.45) is 5.92 Å². The summed E-state index contributed by atoms with van der Waals surface area (Å²) in [6.07, 6.45) is 5.16. The molecule has 4 heteroatoms. The predicted molar refractivity (Wildman–Crippen MR) is 60.7 cm³/mol. The number of hydrogen-bond donors (Lipinski definition) is 1. The summed E-state index contributed by atoms with van der Waals surface area (Å²) in [5.41, 5.74) is 0. The summed E-state index contributed by atoms with van der Waals surface area (Å²) in [7, 11) is 1.56. The molecule has 4 nitrogen and oxygen atoms in total. The van der Waals surface area contributed by atoms with Gasteiger partial charge in [0.1, 0.15) is 0 Å². The number of rotatable bonds is 5. The average molecular weight is 224 g/mol. The van der Waals surface area contributed by atoms with E-state index in [0.29, 0.717) is 12.5 Å². The first-order chi connectivity index (χ1) is 7.61. The van der Waals surface area contributed by atoms with Gasteiger partial charge in [0.05, 0.1) is 12.5 Å². The Balaban J connectivity index is 1.87. The van der Waals surface area contributed by atoms with Crippen molar-refractivity contribution < 1.29 is 9.59 Å². The number of likely N-dealkylation sites (N-methyl/N-ethyl adjacent to an activating group) is 1. The van der Waals surface area contributed by atoms with E-state index in [0.717, 1.165) is 18.8 Å². The maximum absolute atomic E-state index is 11.7. The van der Waals surface area contributed by atoms with Gasteiger partial charge in [-0.1, -0.05) is 19.8 Å². The summed E-state index contributed by atoms with van der Waals surface area (Å²) in [6, 6.07) is 0.113. The van der Waals surface area contributed by atoms with Crippen molar-refractivity contribution in [3.8, 4) is 0 Å². The SMILES string of the molecule is CCC(CC1CC1)NC1CC(=O)N(C)C1=O. The van der Waals surface area contributed by atoms with Crippen LogP contribution in [-0.4, -0.2) is 35.8 Å². The van der Waals surface area contributed by atoms with Gasteiger partial charge in [-0.3, -0.25) is 14.5 Å². The molecule has 1 heterocycles. The molecule has 2 amide bonds. The van der Waals surface area contributed by atoms with E-state index in [2.05, 4.69) is 12.2 Å². The van der Waals surface area contributed by atoms with Gasteiger partial charge in [0.25, 0.3) is 0 Å². The molecule has 0 aromatic heterocycles. The lowest BCUT2D eigenvalue weighted by atomic mass is 10.1. The highest BCUT2D eigenvalue weighted by Gasteiger charge is 2.37. The fourth-order valence-corrected chi connectivity index (χ4v) is 2.28. The Hall–Kier alpha value is -0.900. The van der Waals surface area contributed by atoms with Crippen molar-refractivity contribution in [1.82, 2.24) is 10.2 Å². The second-order valence-corrected chi connectivity index (χ2v) is 5.00.